The number of rotatable bonds is 2. The van der Waals surface area contributed by atoms with Crippen LogP contribution in [0.25, 0.3) is 11.2 Å². The van der Waals surface area contributed by atoms with Crippen LogP contribution in [0.15, 0.2) is 12.3 Å². The minimum absolute atomic E-state index is 0.371. The Labute approximate surface area is 67.8 Å². The Morgan fingerprint density at radius 1 is 1.50 bits per heavy atom. The molecule has 5 heteroatoms. The number of aromatic amines is 1. The molecule has 0 spiro atoms. The lowest BCUT2D eigenvalue weighted by atomic mass is 10.2. The van der Waals surface area contributed by atoms with Crippen LogP contribution in [0.5, 0.6) is 0 Å². The fraction of sp³-hybridized carbons (Fsp3) is 0.143. The zero-order chi connectivity index (χ0) is 8.39. The van der Waals surface area contributed by atoms with Crippen LogP contribution in [-0.2, 0) is 11.2 Å². The predicted molar refractivity (Wildman–Crippen MR) is 41.5 cm³/mol. The molecule has 60 valence electrons. The molecule has 0 aromatic carbocycles. The van der Waals surface area contributed by atoms with Crippen molar-refractivity contribution in [2.24, 2.45) is 0 Å². The zero-order valence-corrected chi connectivity index (χ0v) is 6.19. The number of hydrogen-bond acceptors (Lipinski definition) is 4. The van der Waals surface area contributed by atoms with E-state index in [1.807, 2.05) is 0 Å². The first-order valence-electron chi connectivity index (χ1n) is 3.49. The smallest absolute Gasteiger partial charge is 0.201 e. The number of H-pyrrole nitrogens is 1. The maximum absolute atomic E-state index is 10.2. The molecule has 2 aromatic rings. The molecule has 0 radical (unpaired) electrons. The van der Waals surface area contributed by atoms with Gasteiger partial charge in [-0.25, -0.2) is 4.98 Å². The van der Waals surface area contributed by atoms with Crippen LogP contribution in [0, 0.1) is 0 Å². The molecule has 0 aliphatic heterocycles. The first-order valence-corrected chi connectivity index (χ1v) is 3.49. The number of hydrogen-bond donors (Lipinski definition) is 1. The zero-order valence-electron chi connectivity index (χ0n) is 6.19. The van der Waals surface area contributed by atoms with Crippen molar-refractivity contribution in [2.75, 3.05) is 0 Å². The molecule has 0 fully saturated rings. The number of carbonyl (C=O) groups excluding carboxylic acids is 1. The van der Waals surface area contributed by atoms with E-state index < -0.39 is 0 Å². The molecule has 0 saturated heterocycles. The van der Waals surface area contributed by atoms with Gasteiger partial charge in [-0.15, -0.1) is 5.10 Å². The average Bonchev–Trinajstić information content (AvgIpc) is 2.51. The molecule has 2 heterocycles. The van der Waals surface area contributed by atoms with Gasteiger partial charge in [0, 0.05) is 12.6 Å². The van der Waals surface area contributed by atoms with E-state index in [1.54, 1.807) is 12.3 Å². The van der Waals surface area contributed by atoms with Crippen molar-refractivity contribution in [3.05, 3.63) is 17.8 Å². The van der Waals surface area contributed by atoms with Crippen molar-refractivity contribution in [1.82, 2.24) is 20.4 Å². The van der Waals surface area contributed by atoms with Crippen LogP contribution in [0.3, 0.4) is 0 Å². The Morgan fingerprint density at radius 2 is 2.42 bits per heavy atom. The first-order chi connectivity index (χ1) is 5.90. The van der Waals surface area contributed by atoms with Crippen LogP contribution in [-0.4, -0.2) is 26.7 Å². The highest BCUT2D eigenvalue weighted by molar-refractivity contribution is 5.70. The topological polar surface area (TPSA) is 71.5 Å². The van der Waals surface area contributed by atoms with E-state index >= 15 is 0 Å². The van der Waals surface area contributed by atoms with E-state index in [-0.39, 0.29) is 0 Å². The molecule has 0 unspecified atom stereocenters. The molecule has 0 aliphatic rings. The SMILES string of the molecule is O=CCc1cnc2n[nH]nc2c1. The summed E-state index contributed by atoms with van der Waals surface area (Å²) in [6.45, 7) is 0. The van der Waals surface area contributed by atoms with Gasteiger partial charge in [0.05, 0.1) is 0 Å². The number of fused-ring (bicyclic) bond motifs is 1. The van der Waals surface area contributed by atoms with Gasteiger partial charge in [0.25, 0.3) is 0 Å². The Balaban J connectivity index is 2.52. The number of pyridine rings is 1. The summed E-state index contributed by atoms with van der Waals surface area (Å²) in [5.41, 5.74) is 2.12. The Hall–Kier alpha value is -1.78. The van der Waals surface area contributed by atoms with E-state index in [9.17, 15) is 4.79 Å². The van der Waals surface area contributed by atoms with Gasteiger partial charge in [-0.1, -0.05) is 0 Å². The summed E-state index contributed by atoms with van der Waals surface area (Å²) in [5, 5.41) is 10.1. The number of carbonyl (C=O) groups is 1. The van der Waals surface area contributed by atoms with E-state index in [4.69, 9.17) is 0 Å². The number of nitrogens with zero attached hydrogens (tertiary/aromatic N) is 3. The normalized spacial score (nSPS) is 10.3. The summed E-state index contributed by atoms with van der Waals surface area (Å²) in [6, 6.07) is 1.79. The van der Waals surface area contributed by atoms with E-state index in [2.05, 4.69) is 20.4 Å². The number of aromatic nitrogens is 4. The molecule has 2 aromatic heterocycles. The van der Waals surface area contributed by atoms with Crippen molar-refractivity contribution in [2.45, 2.75) is 6.42 Å². The van der Waals surface area contributed by atoms with Gasteiger partial charge in [-0.05, 0) is 11.6 Å². The standard InChI is InChI=1S/C7H6N4O/c12-2-1-5-3-6-7(8-4-5)10-11-9-6/h2-4H,1H2,(H,8,9,10,11). The molecular formula is C7H6N4O. The summed E-state index contributed by atoms with van der Waals surface area (Å²) in [5.74, 6) is 0. The van der Waals surface area contributed by atoms with Crippen LogP contribution in [0.1, 0.15) is 5.56 Å². The maximum Gasteiger partial charge on any atom is 0.201 e. The van der Waals surface area contributed by atoms with Gasteiger partial charge in [0.1, 0.15) is 11.8 Å². The highest BCUT2D eigenvalue weighted by Crippen LogP contribution is 2.06. The van der Waals surface area contributed by atoms with Crippen molar-refractivity contribution in [1.29, 1.82) is 0 Å². The van der Waals surface area contributed by atoms with Gasteiger partial charge in [0.2, 0.25) is 5.65 Å². The van der Waals surface area contributed by atoms with Gasteiger partial charge in [0.15, 0.2) is 0 Å². The van der Waals surface area contributed by atoms with Crippen molar-refractivity contribution >= 4 is 17.5 Å². The second kappa shape index (κ2) is 2.69. The fourth-order valence-electron chi connectivity index (χ4n) is 0.990. The first kappa shape index (κ1) is 6.90. The Morgan fingerprint density at radius 3 is 3.25 bits per heavy atom. The summed E-state index contributed by atoms with van der Waals surface area (Å²) in [7, 11) is 0. The van der Waals surface area contributed by atoms with Crippen molar-refractivity contribution < 1.29 is 4.79 Å². The van der Waals surface area contributed by atoms with Crippen LogP contribution >= 0.6 is 0 Å². The molecule has 5 nitrogen and oxygen atoms in total. The van der Waals surface area contributed by atoms with Crippen LogP contribution < -0.4 is 0 Å². The molecule has 12 heavy (non-hydrogen) atoms. The molecule has 1 N–H and O–H groups in total. The third kappa shape index (κ3) is 1.05. The van der Waals surface area contributed by atoms with Crippen LogP contribution in [0.4, 0.5) is 0 Å². The largest absolute Gasteiger partial charge is 0.303 e. The molecule has 0 saturated carbocycles. The predicted octanol–water partition coefficient (Wildman–Crippen LogP) is 0.0943. The van der Waals surface area contributed by atoms with E-state index in [0.29, 0.717) is 17.6 Å². The van der Waals surface area contributed by atoms with Gasteiger partial charge >= 0.3 is 0 Å². The van der Waals surface area contributed by atoms with E-state index in [0.717, 1.165) is 11.8 Å². The third-order valence-corrected chi connectivity index (χ3v) is 1.55. The number of nitrogens with one attached hydrogen (secondary N) is 1. The highest BCUT2D eigenvalue weighted by atomic mass is 16.1. The van der Waals surface area contributed by atoms with Crippen molar-refractivity contribution in [3.8, 4) is 0 Å². The van der Waals surface area contributed by atoms with Crippen molar-refractivity contribution in [3.63, 3.8) is 0 Å². The average molecular weight is 162 g/mol. The van der Waals surface area contributed by atoms with Gasteiger partial charge < -0.3 is 4.79 Å². The molecule has 0 amide bonds. The Kier molecular flexibility index (Phi) is 1.55. The van der Waals surface area contributed by atoms with Gasteiger partial charge in [-0.2, -0.15) is 10.3 Å². The van der Waals surface area contributed by atoms with Gasteiger partial charge in [-0.3, -0.25) is 0 Å². The van der Waals surface area contributed by atoms with Crippen LogP contribution in [0.2, 0.25) is 0 Å². The third-order valence-electron chi connectivity index (χ3n) is 1.55. The molecule has 0 atom stereocenters. The summed E-state index contributed by atoms with van der Waals surface area (Å²) >= 11 is 0. The number of aldehydes is 1. The molecule has 0 aliphatic carbocycles. The fourth-order valence-corrected chi connectivity index (χ4v) is 0.990. The quantitative estimate of drug-likeness (QED) is 0.635. The highest BCUT2D eigenvalue weighted by Gasteiger charge is 1.99. The second-order valence-electron chi connectivity index (χ2n) is 2.38. The lowest BCUT2D eigenvalue weighted by Crippen LogP contribution is -1.87. The lowest BCUT2D eigenvalue weighted by Gasteiger charge is -1.90. The minimum Gasteiger partial charge on any atom is -0.303 e. The maximum atomic E-state index is 10.2. The lowest BCUT2D eigenvalue weighted by molar-refractivity contribution is -0.107. The van der Waals surface area contributed by atoms with E-state index in [1.165, 1.54) is 0 Å². The summed E-state index contributed by atoms with van der Waals surface area (Å²) in [4.78, 5) is 14.2. The minimum atomic E-state index is 0.371. The monoisotopic (exact) mass is 162 g/mol. The summed E-state index contributed by atoms with van der Waals surface area (Å²) in [6.07, 6.45) is 2.83. The Bertz CT molecular complexity index is 408. The molecule has 2 rings (SSSR count). The molecule has 0 bridgehead atoms. The molecular weight excluding hydrogens is 156 g/mol. The summed E-state index contributed by atoms with van der Waals surface area (Å²) < 4.78 is 0. The second-order valence-corrected chi connectivity index (χ2v) is 2.38.